The second-order valence-corrected chi connectivity index (χ2v) is 9.82. The van der Waals surface area contributed by atoms with Crippen molar-refractivity contribution in [2.45, 2.75) is 31.7 Å². The molecule has 2 aromatic heterocycles. The van der Waals surface area contributed by atoms with Gasteiger partial charge in [0.25, 0.3) is 5.91 Å². The van der Waals surface area contributed by atoms with Crippen molar-refractivity contribution < 1.29 is 4.79 Å². The maximum absolute atomic E-state index is 13.2. The third-order valence-corrected chi connectivity index (χ3v) is 7.39. The Bertz CT molecular complexity index is 1360. The standard InChI is InChI=1S/C29H34N8O/c1-35(25-13-20-36(21-14-25)18-4-2-3-15-30)28(38)23-7-9-24(10-8-23)32-29-33-27-26(6-5-19-37(27)34-29)22-11-16-31-17-12-22/h2-3,5-11,19,25,31H,4,12-14,16-18,20-21H2,1H3,(H,32,34)/b3-2+. The van der Waals surface area contributed by atoms with Crippen LogP contribution in [0.25, 0.3) is 11.2 Å². The van der Waals surface area contributed by atoms with Crippen LogP contribution >= 0.6 is 0 Å². The van der Waals surface area contributed by atoms with Gasteiger partial charge in [0.05, 0.1) is 6.07 Å². The molecule has 0 spiro atoms. The molecule has 2 N–H and O–H groups in total. The number of anilines is 2. The number of nitriles is 1. The number of likely N-dealkylation sites (tertiary alicyclic amines) is 1. The molecule has 0 unspecified atom stereocenters. The van der Waals surface area contributed by atoms with Crippen molar-refractivity contribution >= 4 is 28.8 Å². The fourth-order valence-corrected chi connectivity index (χ4v) is 5.20. The van der Waals surface area contributed by atoms with Gasteiger partial charge in [0, 0.05) is 68.4 Å². The lowest BCUT2D eigenvalue weighted by Crippen LogP contribution is -2.45. The monoisotopic (exact) mass is 510 g/mol. The fraction of sp³-hybridized carbons (Fsp3) is 0.379. The second kappa shape index (κ2) is 12.0. The van der Waals surface area contributed by atoms with Crippen LogP contribution in [0.2, 0.25) is 0 Å². The van der Waals surface area contributed by atoms with Gasteiger partial charge >= 0.3 is 0 Å². The number of carbonyl (C=O) groups is 1. The highest BCUT2D eigenvalue weighted by Gasteiger charge is 2.25. The molecule has 9 nitrogen and oxygen atoms in total. The Hall–Kier alpha value is -4.00. The van der Waals surface area contributed by atoms with Crippen molar-refractivity contribution in [2.75, 3.05) is 45.1 Å². The number of carbonyl (C=O) groups excluding carboxylic acids is 1. The average Bonchev–Trinajstić information content (AvgIpc) is 3.38. The van der Waals surface area contributed by atoms with E-state index < -0.39 is 0 Å². The van der Waals surface area contributed by atoms with E-state index in [1.165, 1.54) is 11.6 Å². The highest BCUT2D eigenvalue weighted by atomic mass is 16.2. The maximum atomic E-state index is 13.2. The van der Waals surface area contributed by atoms with Gasteiger partial charge in [-0.1, -0.05) is 12.2 Å². The van der Waals surface area contributed by atoms with Crippen LogP contribution in [0, 0.1) is 11.3 Å². The molecule has 0 radical (unpaired) electrons. The SMILES string of the molecule is CN(C(=O)c1ccc(Nc2nc3c(C4=CCNCC4)cccn3n2)cc1)C1CCN(CC/C=C/C#N)CC1. The van der Waals surface area contributed by atoms with Crippen LogP contribution in [0.15, 0.2) is 60.8 Å². The minimum Gasteiger partial charge on any atom is -0.339 e. The molecular formula is C29H34N8O. The number of nitrogens with one attached hydrogen (secondary N) is 2. The van der Waals surface area contributed by atoms with Crippen molar-refractivity contribution in [3.8, 4) is 6.07 Å². The first-order chi connectivity index (χ1) is 18.6. The molecule has 0 saturated carbocycles. The van der Waals surface area contributed by atoms with Crippen LogP contribution in [0.4, 0.5) is 11.6 Å². The number of benzene rings is 1. The van der Waals surface area contributed by atoms with Crippen LogP contribution < -0.4 is 10.6 Å². The third-order valence-electron chi connectivity index (χ3n) is 7.39. The normalized spacial score (nSPS) is 16.9. The average molecular weight is 511 g/mol. The molecule has 0 aliphatic carbocycles. The Morgan fingerprint density at radius 3 is 2.82 bits per heavy atom. The van der Waals surface area contributed by atoms with E-state index >= 15 is 0 Å². The number of nitrogens with zero attached hydrogens (tertiary/aromatic N) is 6. The zero-order chi connectivity index (χ0) is 26.3. The molecular weight excluding hydrogens is 476 g/mol. The summed E-state index contributed by atoms with van der Waals surface area (Å²) < 4.78 is 1.81. The van der Waals surface area contributed by atoms with Crippen molar-refractivity contribution in [3.63, 3.8) is 0 Å². The van der Waals surface area contributed by atoms with Crippen LogP contribution in [0.5, 0.6) is 0 Å². The molecule has 0 atom stereocenters. The molecule has 4 heterocycles. The Balaban J connectivity index is 1.19. The van der Waals surface area contributed by atoms with Crippen molar-refractivity contribution in [1.29, 1.82) is 5.26 Å². The van der Waals surface area contributed by atoms with Gasteiger partial charge in [-0.15, -0.1) is 5.10 Å². The predicted molar refractivity (Wildman–Crippen MR) is 149 cm³/mol. The molecule has 1 saturated heterocycles. The van der Waals surface area contributed by atoms with Gasteiger partial charge in [-0.25, -0.2) is 4.52 Å². The molecule has 38 heavy (non-hydrogen) atoms. The lowest BCUT2D eigenvalue weighted by atomic mass is 10.0. The first-order valence-corrected chi connectivity index (χ1v) is 13.3. The Morgan fingerprint density at radius 1 is 1.26 bits per heavy atom. The second-order valence-electron chi connectivity index (χ2n) is 9.82. The zero-order valence-electron chi connectivity index (χ0n) is 21.8. The smallest absolute Gasteiger partial charge is 0.253 e. The summed E-state index contributed by atoms with van der Waals surface area (Å²) in [5.41, 5.74) is 4.74. The van der Waals surface area contributed by atoms with E-state index in [0.717, 1.165) is 75.3 Å². The van der Waals surface area contributed by atoms with E-state index in [1.807, 2.05) is 65.1 Å². The molecule has 196 valence electrons. The highest BCUT2D eigenvalue weighted by Crippen LogP contribution is 2.25. The number of amides is 1. The van der Waals surface area contributed by atoms with E-state index in [4.69, 9.17) is 10.2 Å². The van der Waals surface area contributed by atoms with E-state index in [9.17, 15) is 4.79 Å². The first-order valence-electron chi connectivity index (χ1n) is 13.3. The predicted octanol–water partition coefficient (Wildman–Crippen LogP) is 3.86. The van der Waals surface area contributed by atoms with Gasteiger partial charge in [0.2, 0.25) is 5.95 Å². The highest BCUT2D eigenvalue weighted by molar-refractivity contribution is 5.94. The summed E-state index contributed by atoms with van der Waals surface area (Å²) in [5.74, 6) is 0.566. The van der Waals surface area contributed by atoms with E-state index in [2.05, 4.69) is 32.8 Å². The zero-order valence-corrected chi connectivity index (χ0v) is 21.8. The van der Waals surface area contributed by atoms with Gasteiger partial charge in [0.1, 0.15) is 0 Å². The third kappa shape index (κ3) is 5.93. The summed E-state index contributed by atoms with van der Waals surface area (Å²) in [7, 11) is 1.90. The fourth-order valence-electron chi connectivity index (χ4n) is 5.20. The van der Waals surface area contributed by atoms with Gasteiger partial charge in [0.15, 0.2) is 5.65 Å². The summed E-state index contributed by atoms with van der Waals surface area (Å²) >= 11 is 0. The number of allylic oxidation sites excluding steroid dienone is 1. The van der Waals surface area contributed by atoms with Gasteiger partial charge < -0.3 is 20.4 Å². The van der Waals surface area contributed by atoms with Gasteiger partial charge in [-0.05, 0) is 74.2 Å². The Morgan fingerprint density at radius 2 is 2.08 bits per heavy atom. The molecule has 2 aliphatic heterocycles. The number of pyridine rings is 1. The van der Waals surface area contributed by atoms with E-state index in [-0.39, 0.29) is 11.9 Å². The number of piperidine rings is 1. The summed E-state index contributed by atoms with van der Waals surface area (Å²) in [6, 6.07) is 13.9. The molecule has 2 aliphatic rings. The summed E-state index contributed by atoms with van der Waals surface area (Å²) in [6.45, 7) is 4.72. The molecule has 3 aromatic rings. The van der Waals surface area contributed by atoms with Crippen molar-refractivity contribution in [1.82, 2.24) is 29.7 Å². The molecule has 1 aromatic carbocycles. The topological polar surface area (TPSA) is 102 Å². The van der Waals surface area contributed by atoms with Crippen molar-refractivity contribution in [3.05, 3.63) is 72.0 Å². The van der Waals surface area contributed by atoms with Crippen LogP contribution in [0.1, 0.15) is 41.6 Å². The number of hydrogen-bond acceptors (Lipinski definition) is 7. The first kappa shape index (κ1) is 25.6. The molecule has 1 fully saturated rings. The summed E-state index contributed by atoms with van der Waals surface area (Å²) in [5, 5.41) is 19.8. The van der Waals surface area contributed by atoms with Crippen LogP contribution in [-0.4, -0.2) is 76.1 Å². The lowest BCUT2D eigenvalue weighted by Gasteiger charge is -2.36. The number of hydrogen-bond donors (Lipinski definition) is 2. The Kier molecular flexibility index (Phi) is 8.12. The van der Waals surface area contributed by atoms with E-state index in [0.29, 0.717) is 11.5 Å². The quantitative estimate of drug-likeness (QED) is 0.444. The van der Waals surface area contributed by atoms with E-state index in [1.54, 1.807) is 0 Å². The lowest BCUT2D eigenvalue weighted by molar-refractivity contribution is 0.0644. The minimum atomic E-state index is 0.0395. The Labute approximate surface area is 223 Å². The summed E-state index contributed by atoms with van der Waals surface area (Å²) in [4.78, 5) is 22.2. The summed E-state index contributed by atoms with van der Waals surface area (Å²) in [6.07, 6.45) is 11.3. The molecule has 0 bridgehead atoms. The largest absolute Gasteiger partial charge is 0.339 e. The van der Waals surface area contributed by atoms with Crippen LogP contribution in [-0.2, 0) is 0 Å². The number of aromatic nitrogens is 3. The van der Waals surface area contributed by atoms with Gasteiger partial charge in [-0.3, -0.25) is 4.79 Å². The molecule has 5 rings (SSSR count). The van der Waals surface area contributed by atoms with Crippen LogP contribution in [0.3, 0.4) is 0 Å². The maximum Gasteiger partial charge on any atom is 0.253 e. The number of rotatable bonds is 8. The molecule has 9 heteroatoms. The van der Waals surface area contributed by atoms with Crippen molar-refractivity contribution in [2.24, 2.45) is 0 Å². The molecule has 1 amide bonds. The van der Waals surface area contributed by atoms with Gasteiger partial charge in [-0.2, -0.15) is 10.2 Å². The minimum absolute atomic E-state index is 0.0395. The number of fused-ring (bicyclic) bond motifs is 1.